The molecular weight excluding hydrogens is 262 g/mol. The van der Waals surface area contributed by atoms with E-state index in [9.17, 15) is 4.79 Å². The molecule has 116 valence electrons. The number of rotatable bonds is 5. The van der Waals surface area contributed by atoms with E-state index in [0.29, 0.717) is 11.0 Å². The molecule has 0 saturated carbocycles. The normalized spacial score (nSPS) is 18.6. The van der Waals surface area contributed by atoms with E-state index in [0.717, 1.165) is 18.7 Å². The summed E-state index contributed by atoms with van der Waals surface area (Å²) in [5.74, 6) is -0.364. The fraction of sp³-hybridized carbons (Fsp3) is 0.588. The van der Waals surface area contributed by atoms with Crippen LogP contribution in [0.4, 0.5) is 0 Å². The number of nitrogens with one attached hydrogen (secondary N) is 1. The molecule has 1 aromatic rings. The van der Waals surface area contributed by atoms with Crippen molar-refractivity contribution in [3.05, 3.63) is 34.9 Å². The van der Waals surface area contributed by atoms with Crippen LogP contribution < -0.4 is 11.1 Å². The summed E-state index contributed by atoms with van der Waals surface area (Å²) in [6, 6.07) is 5.68. The Bertz CT molecular complexity index is 505. The van der Waals surface area contributed by atoms with Gasteiger partial charge in [-0.3, -0.25) is 4.79 Å². The van der Waals surface area contributed by atoms with Crippen molar-refractivity contribution < 1.29 is 4.79 Å². The molecule has 1 aromatic carbocycles. The number of piperidine rings is 1. The molecule has 0 aliphatic carbocycles. The Hall–Kier alpha value is -1.39. The van der Waals surface area contributed by atoms with Crippen molar-refractivity contribution in [1.29, 1.82) is 0 Å². The third kappa shape index (κ3) is 4.29. The van der Waals surface area contributed by atoms with Gasteiger partial charge in [-0.1, -0.05) is 13.0 Å². The second kappa shape index (κ2) is 6.58. The van der Waals surface area contributed by atoms with Crippen LogP contribution in [-0.4, -0.2) is 37.5 Å². The number of carbonyl (C=O) groups is 1. The number of nitrogens with zero attached hydrogens (tertiary/aromatic N) is 1. The summed E-state index contributed by atoms with van der Waals surface area (Å²) in [6.45, 7) is 8.65. The van der Waals surface area contributed by atoms with Crippen molar-refractivity contribution in [2.24, 2.45) is 11.1 Å². The van der Waals surface area contributed by atoms with Gasteiger partial charge in [0.2, 0.25) is 5.91 Å². The van der Waals surface area contributed by atoms with Gasteiger partial charge in [-0.2, -0.15) is 0 Å². The Labute approximate surface area is 127 Å². The van der Waals surface area contributed by atoms with Crippen LogP contribution in [0.1, 0.15) is 41.3 Å². The van der Waals surface area contributed by atoms with Crippen LogP contribution in [0.3, 0.4) is 0 Å². The standard InChI is InChI=1S/C17H27N3O/c1-13-10-14(16(18)21)4-5-15(13)11-19-12-17(2)6-8-20(3)9-7-17/h4-5,10,19H,6-9,11-12H2,1-3H3,(H2,18,21). The molecular formula is C17H27N3O. The highest BCUT2D eigenvalue weighted by Crippen LogP contribution is 2.29. The monoisotopic (exact) mass is 289 g/mol. The Morgan fingerprint density at radius 3 is 2.62 bits per heavy atom. The average Bonchev–Trinajstić information content (AvgIpc) is 2.44. The van der Waals surface area contributed by atoms with Gasteiger partial charge in [0.15, 0.2) is 0 Å². The van der Waals surface area contributed by atoms with Crippen LogP contribution >= 0.6 is 0 Å². The lowest BCUT2D eigenvalue weighted by Gasteiger charge is -2.38. The first kappa shape index (κ1) is 16.0. The zero-order valence-corrected chi connectivity index (χ0v) is 13.4. The van der Waals surface area contributed by atoms with E-state index in [1.807, 2.05) is 25.1 Å². The van der Waals surface area contributed by atoms with Crippen LogP contribution in [0.2, 0.25) is 0 Å². The Morgan fingerprint density at radius 2 is 2.05 bits per heavy atom. The van der Waals surface area contributed by atoms with Crippen molar-refractivity contribution in [3.8, 4) is 0 Å². The zero-order chi connectivity index (χ0) is 15.5. The molecule has 1 aliphatic heterocycles. The molecule has 21 heavy (non-hydrogen) atoms. The van der Waals surface area contributed by atoms with Gasteiger partial charge in [-0.15, -0.1) is 0 Å². The van der Waals surface area contributed by atoms with Gasteiger partial charge in [0, 0.05) is 18.7 Å². The first-order valence-corrected chi connectivity index (χ1v) is 7.68. The van der Waals surface area contributed by atoms with E-state index in [2.05, 4.69) is 24.2 Å². The Morgan fingerprint density at radius 1 is 1.38 bits per heavy atom. The lowest BCUT2D eigenvalue weighted by Crippen LogP contribution is -2.41. The molecule has 0 bridgehead atoms. The van der Waals surface area contributed by atoms with Crippen LogP contribution in [0.25, 0.3) is 0 Å². The van der Waals surface area contributed by atoms with E-state index in [4.69, 9.17) is 5.73 Å². The molecule has 1 aliphatic rings. The number of nitrogens with two attached hydrogens (primary N) is 1. The minimum atomic E-state index is -0.364. The van der Waals surface area contributed by atoms with Crippen molar-refractivity contribution in [1.82, 2.24) is 10.2 Å². The largest absolute Gasteiger partial charge is 0.366 e. The van der Waals surface area contributed by atoms with Crippen LogP contribution in [0.15, 0.2) is 18.2 Å². The van der Waals surface area contributed by atoms with Gasteiger partial charge in [0.1, 0.15) is 0 Å². The molecule has 0 atom stereocenters. The summed E-state index contributed by atoms with van der Waals surface area (Å²) in [4.78, 5) is 13.6. The van der Waals surface area contributed by atoms with Crippen molar-refractivity contribution in [2.45, 2.75) is 33.2 Å². The lowest BCUT2D eigenvalue weighted by atomic mass is 9.80. The summed E-state index contributed by atoms with van der Waals surface area (Å²) >= 11 is 0. The van der Waals surface area contributed by atoms with Gasteiger partial charge in [-0.25, -0.2) is 0 Å². The second-order valence-corrected chi connectivity index (χ2v) is 6.72. The number of carbonyl (C=O) groups excluding carboxylic acids is 1. The number of primary amides is 1. The maximum absolute atomic E-state index is 11.2. The summed E-state index contributed by atoms with van der Waals surface area (Å²) in [5.41, 5.74) is 8.63. The molecule has 0 radical (unpaired) electrons. The van der Waals surface area contributed by atoms with Crippen LogP contribution in [0, 0.1) is 12.3 Å². The highest BCUT2D eigenvalue weighted by atomic mass is 16.1. The maximum Gasteiger partial charge on any atom is 0.248 e. The Balaban J connectivity index is 1.87. The second-order valence-electron chi connectivity index (χ2n) is 6.72. The molecule has 4 heteroatoms. The van der Waals surface area contributed by atoms with E-state index < -0.39 is 0 Å². The highest BCUT2D eigenvalue weighted by molar-refractivity contribution is 5.93. The minimum Gasteiger partial charge on any atom is -0.366 e. The van der Waals surface area contributed by atoms with E-state index in [1.165, 1.54) is 31.5 Å². The smallest absolute Gasteiger partial charge is 0.248 e. The molecule has 1 fully saturated rings. The maximum atomic E-state index is 11.2. The lowest BCUT2D eigenvalue weighted by molar-refractivity contribution is 0.1000. The summed E-state index contributed by atoms with van der Waals surface area (Å²) in [7, 11) is 2.19. The molecule has 1 amide bonds. The zero-order valence-electron chi connectivity index (χ0n) is 13.4. The molecule has 1 saturated heterocycles. The predicted molar refractivity (Wildman–Crippen MR) is 86.2 cm³/mol. The molecule has 4 nitrogen and oxygen atoms in total. The highest BCUT2D eigenvalue weighted by Gasteiger charge is 2.28. The predicted octanol–water partition coefficient (Wildman–Crippen LogP) is 1.92. The first-order valence-electron chi connectivity index (χ1n) is 7.68. The average molecular weight is 289 g/mol. The summed E-state index contributed by atoms with van der Waals surface area (Å²) in [6.07, 6.45) is 2.49. The molecule has 1 heterocycles. The third-order valence-electron chi connectivity index (χ3n) is 4.69. The molecule has 3 N–H and O–H groups in total. The number of hydrogen-bond donors (Lipinski definition) is 2. The number of benzene rings is 1. The van der Waals surface area contributed by atoms with Gasteiger partial charge >= 0.3 is 0 Å². The van der Waals surface area contributed by atoms with E-state index in [-0.39, 0.29) is 5.91 Å². The number of amides is 1. The number of aryl methyl sites for hydroxylation is 1. The fourth-order valence-corrected chi connectivity index (χ4v) is 2.88. The van der Waals surface area contributed by atoms with Gasteiger partial charge in [0.25, 0.3) is 0 Å². The van der Waals surface area contributed by atoms with Crippen LogP contribution in [0.5, 0.6) is 0 Å². The molecule has 0 spiro atoms. The van der Waals surface area contributed by atoms with Gasteiger partial charge in [-0.05, 0) is 68.6 Å². The first-order chi connectivity index (χ1) is 9.89. The van der Waals surface area contributed by atoms with Crippen molar-refractivity contribution in [3.63, 3.8) is 0 Å². The van der Waals surface area contributed by atoms with Gasteiger partial charge < -0.3 is 16.0 Å². The minimum absolute atomic E-state index is 0.364. The topological polar surface area (TPSA) is 58.4 Å². The van der Waals surface area contributed by atoms with Crippen molar-refractivity contribution >= 4 is 5.91 Å². The van der Waals surface area contributed by atoms with Crippen molar-refractivity contribution in [2.75, 3.05) is 26.7 Å². The quantitative estimate of drug-likeness (QED) is 0.870. The summed E-state index contributed by atoms with van der Waals surface area (Å²) in [5, 5.41) is 3.58. The summed E-state index contributed by atoms with van der Waals surface area (Å²) < 4.78 is 0. The van der Waals surface area contributed by atoms with E-state index >= 15 is 0 Å². The third-order valence-corrected chi connectivity index (χ3v) is 4.69. The number of likely N-dealkylation sites (tertiary alicyclic amines) is 1. The molecule has 0 unspecified atom stereocenters. The molecule has 2 rings (SSSR count). The SMILES string of the molecule is Cc1cc(C(N)=O)ccc1CNCC1(C)CCN(C)CC1. The molecule has 0 aromatic heterocycles. The van der Waals surface area contributed by atoms with E-state index in [1.54, 1.807) is 0 Å². The number of hydrogen-bond acceptors (Lipinski definition) is 3. The van der Waals surface area contributed by atoms with Gasteiger partial charge in [0.05, 0.1) is 0 Å². The van der Waals surface area contributed by atoms with Crippen LogP contribution in [-0.2, 0) is 6.54 Å². The Kier molecular flexibility index (Phi) is 5.01. The fourth-order valence-electron chi connectivity index (χ4n) is 2.88.